The summed E-state index contributed by atoms with van der Waals surface area (Å²) in [4.78, 5) is 19.4. The fraction of sp³-hybridized carbons (Fsp3) is 0.308. The van der Waals surface area contributed by atoms with Crippen molar-refractivity contribution >= 4 is 43.8 Å². The van der Waals surface area contributed by atoms with E-state index in [-0.39, 0.29) is 23.0 Å². The Labute approximate surface area is 204 Å². The highest BCUT2D eigenvalue weighted by Crippen LogP contribution is 2.30. The number of amides is 1. The average molecular weight is 496 g/mol. The van der Waals surface area contributed by atoms with Crippen molar-refractivity contribution in [1.82, 2.24) is 14.3 Å². The van der Waals surface area contributed by atoms with Crippen LogP contribution in [0.1, 0.15) is 36.4 Å². The Morgan fingerprint density at radius 1 is 1.09 bits per heavy atom. The largest absolute Gasteiger partial charge is 0.343 e. The zero-order chi connectivity index (χ0) is 23.9. The number of pyridine rings is 1. The molecule has 2 aromatic carbocycles. The molecule has 176 valence electrons. The number of nitrogens with zero attached hydrogens (tertiary/aromatic N) is 3. The summed E-state index contributed by atoms with van der Waals surface area (Å²) >= 11 is 6.01. The first kappa shape index (κ1) is 22.9. The molecule has 0 radical (unpaired) electrons. The van der Waals surface area contributed by atoms with Crippen LogP contribution in [0.5, 0.6) is 0 Å². The predicted molar refractivity (Wildman–Crippen MR) is 134 cm³/mol. The highest BCUT2D eigenvalue weighted by molar-refractivity contribution is 7.91. The molecule has 0 unspecified atom stereocenters. The van der Waals surface area contributed by atoms with Crippen molar-refractivity contribution in [2.75, 3.05) is 18.8 Å². The Kier molecular flexibility index (Phi) is 6.08. The molecule has 3 heterocycles. The summed E-state index contributed by atoms with van der Waals surface area (Å²) in [6.07, 6.45) is 5.64. The molecule has 0 saturated carbocycles. The highest BCUT2D eigenvalue weighted by atomic mass is 35.5. The van der Waals surface area contributed by atoms with Gasteiger partial charge in [-0.2, -0.15) is 0 Å². The molecule has 0 aliphatic carbocycles. The molecule has 8 heteroatoms. The van der Waals surface area contributed by atoms with Crippen molar-refractivity contribution in [3.8, 4) is 0 Å². The lowest BCUT2D eigenvalue weighted by Crippen LogP contribution is -2.38. The molecule has 4 aromatic rings. The third-order valence-corrected chi connectivity index (χ3v) is 8.69. The zero-order valence-corrected chi connectivity index (χ0v) is 20.5. The molecule has 1 fully saturated rings. The molecule has 0 spiro atoms. The Balaban J connectivity index is 1.21. The number of benzene rings is 2. The second-order valence-corrected chi connectivity index (χ2v) is 11.5. The van der Waals surface area contributed by atoms with Crippen molar-refractivity contribution in [2.45, 2.75) is 37.0 Å². The Morgan fingerprint density at radius 2 is 1.82 bits per heavy atom. The minimum Gasteiger partial charge on any atom is -0.343 e. The lowest BCUT2D eigenvalue weighted by molar-refractivity contribution is -0.131. The number of aryl methyl sites for hydroxylation is 1. The van der Waals surface area contributed by atoms with E-state index in [2.05, 4.69) is 22.4 Å². The van der Waals surface area contributed by atoms with Gasteiger partial charge in [0, 0.05) is 48.5 Å². The number of hydrogen-bond donors (Lipinski definition) is 0. The topological polar surface area (TPSA) is 71.8 Å². The van der Waals surface area contributed by atoms with Crippen molar-refractivity contribution in [2.24, 2.45) is 0 Å². The van der Waals surface area contributed by atoms with Crippen LogP contribution in [0.4, 0.5) is 0 Å². The first-order valence-electron chi connectivity index (χ1n) is 11.4. The second-order valence-electron chi connectivity index (χ2n) is 8.95. The van der Waals surface area contributed by atoms with E-state index in [1.165, 1.54) is 5.69 Å². The Morgan fingerprint density at radius 3 is 2.62 bits per heavy atom. The number of hydrogen-bond acceptors (Lipinski definition) is 4. The number of rotatable bonds is 5. The van der Waals surface area contributed by atoms with Gasteiger partial charge in [0.15, 0.2) is 9.84 Å². The number of piperidine rings is 1. The van der Waals surface area contributed by atoms with E-state index in [0.29, 0.717) is 24.0 Å². The van der Waals surface area contributed by atoms with E-state index >= 15 is 0 Å². The zero-order valence-electron chi connectivity index (χ0n) is 18.9. The normalized spacial score (nSPS) is 15.3. The monoisotopic (exact) mass is 495 g/mol. The molecule has 0 bridgehead atoms. The van der Waals surface area contributed by atoms with Gasteiger partial charge in [-0.1, -0.05) is 29.8 Å². The number of fused-ring (bicyclic) bond motifs is 2. The number of imidazole rings is 1. The Hall–Kier alpha value is -2.90. The van der Waals surface area contributed by atoms with Gasteiger partial charge in [0.05, 0.1) is 10.6 Å². The first-order chi connectivity index (χ1) is 16.3. The summed E-state index contributed by atoms with van der Waals surface area (Å²) in [7, 11) is -3.56. The Bertz CT molecular complexity index is 1490. The second kappa shape index (κ2) is 9.04. The van der Waals surface area contributed by atoms with Crippen LogP contribution in [0.15, 0.2) is 65.8 Å². The third kappa shape index (κ3) is 4.42. The minimum atomic E-state index is -3.56. The van der Waals surface area contributed by atoms with Crippen LogP contribution in [0.3, 0.4) is 0 Å². The van der Waals surface area contributed by atoms with Gasteiger partial charge in [-0.15, -0.1) is 0 Å². The quantitative estimate of drug-likeness (QED) is 0.389. The van der Waals surface area contributed by atoms with Crippen LogP contribution in [-0.2, 0) is 14.6 Å². The maximum absolute atomic E-state index is 12.9. The van der Waals surface area contributed by atoms with Crippen molar-refractivity contribution in [3.05, 3.63) is 77.2 Å². The summed E-state index contributed by atoms with van der Waals surface area (Å²) in [5.74, 6) is 0.0245. The van der Waals surface area contributed by atoms with Gasteiger partial charge >= 0.3 is 0 Å². The molecule has 0 atom stereocenters. The molecule has 1 amide bonds. The third-order valence-electron chi connectivity index (χ3n) is 6.74. The van der Waals surface area contributed by atoms with E-state index in [0.717, 1.165) is 34.8 Å². The molecular weight excluding hydrogens is 470 g/mol. The molecule has 1 saturated heterocycles. The first-order valence-corrected chi connectivity index (χ1v) is 13.5. The fourth-order valence-electron chi connectivity index (χ4n) is 4.78. The van der Waals surface area contributed by atoms with Crippen molar-refractivity contribution < 1.29 is 13.2 Å². The molecule has 6 nitrogen and oxygen atoms in total. The minimum absolute atomic E-state index is 0.0134. The molecule has 1 aliphatic heterocycles. The predicted octanol–water partition coefficient (Wildman–Crippen LogP) is 5.02. The van der Waals surface area contributed by atoms with Crippen LogP contribution in [0.25, 0.3) is 16.4 Å². The van der Waals surface area contributed by atoms with Crippen LogP contribution >= 0.6 is 11.6 Å². The maximum atomic E-state index is 12.9. The lowest BCUT2D eigenvalue weighted by Gasteiger charge is -2.32. The summed E-state index contributed by atoms with van der Waals surface area (Å²) < 4.78 is 27.9. The lowest BCUT2D eigenvalue weighted by atomic mass is 9.93. The van der Waals surface area contributed by atoms with Crippen molar-refractivity contribution in [1.29, 1.82) is 0 Å². The smallest absolute Gasteiger partial charge is 0.223 e. The SMILES string of the molecule is Cc1cccn2c(C3CCN(C(=O)CCS(=O)(=O)c4ccc5cc(Cl)ccc5c4)CC3)cnc12. The average Bonchev–Trinajstić information content (AvgIpc) is 3.28. The standard InChI is InChI=1S/C26H26ClN3O3S/c1-18-3-2-11-30-24(17-28-26(18)30)19-8-12-29(13-9-19)25(31)10-14-34(32,33)23-7-5-20-15-22(27)6-4-21(20)16-23/h2-7,11,15-17,19H,8-10,12-14H2,1H3. The summed E-state index contributed by atoms with van der Waals surface area (Å²) in [6.45, 7) is 3.30. The van der Waals surface area contributed by atoms with Crippen LogP contribution in [-0.4, -0.2) is 47.5 Å². The molecule has 5 rings (SSSR count). The number of carbonyl (C=O) groups is 1. The van der Waals surface area contributed by atoms with E-state index in [9.17, 15) is 13.2 Å². The molecule has 34 heavy (non-hydrogen) atoms. The van der Waals surface area contributed by atoms with Gasteiger partial charge in [0.2, 0.25) is 5.91 Å². The van der Waals surface area contributed by atoms with Gasteiger partial charge < -0.3 is 9.30 Å². The van der Waals surface area contributed by atoms with Gasteiger partial charge in [0.1, 0.15) is 5.65 Å². The number of likely N-dealkylation sites (tertiary alicyclic amines) is 1. The van der Waals surface area contributed by atoms with E-state index in [4.69, 9.17) is 11.6 Å². The van der Waals surface area contributed by atoms with Crippen molar-refractivity contribution in [3.63, 3.8) is 0 Å². The van der Waals surface area contributed by atoms with E-state index in [1.807, 2.05) is 18.5 Å². The maximum Gasteiger partial charge on any atom is 0.223 e. The number of halogens is 1. The van der Waals surface area contributed by atoms with Gasteiger partial charge in [-0.3, -0.25) is 4.79 Å². The molecular formula is C26H26ClN3O3S. The molecule has 2 aromatic heterocycles. The van der Waals surface area contributed by atoms with Gasteiger partial charge in [-0.25, -0.2) is 13.4 Å². The van der Waals surface area contributed by atoms with Gasteiger partial charge in [-0.05, 0) is 66.4 Å². The van der Waals surface area contributed by atoms with Crippen LogP contribution < -0.4 is 0 Å². The molecule has 1 aliphatic rings. The van der Waals surface area contributed by atoms with Crippen LogP contribution in [0.2, 0.25) is 5.02 Å². The molecule has 0 N–H and O–H groups in total. The summed E-state index contributed by atoms with van der Waals surface area (Å²) in [5, 5.41) is 2.29. The van der Waals surface area contributed by atoms with E-state index < -0.39 is 9.84 Å². The van der Waals surface area contributed by atoms with Gasteiger partial charge in [0.25, 0.3) is 0 Å². The number of carbonyl (C=O) groups excluding carboxylic acids is 1. The van der Waals surface area contributed by atoms with E-state index in [1.54, 1.807) is 41.3 Å². The fourth-order valence-corrected chi connectivity index (χ4v) is 6.22. The number of aromatic nitrogens is 2. The number of sulfone groups is 1. The van der Waals surface area contributed by atoms with Crippen LogP contribution in [0, 0.1) is 6.92 Å². The summed E-state index contributed by atoms with van der Waals surface area (Å²) in [6, 6.07) is 14.4. The summed E-state index contributed by atoms with van der Waals surface area (Å²) in [5.41, 5.74) is 3.28. The highest BCUT2D eigenvalue weighted by Gasteiger charge is 2.27.